The predicted octanol–water partition coefficient (Wildman–Crippen LogP) is 5.77. The van der Waals surface area contributed by atoms with Crippen LogP contribution in [0.1, 0.15) is 21.7 Å². The Morgan fingerprint density at radius 2 is 1.79 bits per heavy atom. The molecule has 2 aromatic carbocycles. The first kappa shape index (κ1) is 19.1. The van der Waals surface area contributed by atoms with Gasteiger partial charge in [-0.15, -0.1) is 0 Å². The molecule has 5 nitrogen and oxygen atoms in total. The summed E-state index contributed by atoms with van der Waals surface area (Å²) in [4.78, 5) is 22.3. The molecular formula is C20H12F3NO4. The summed E-state index contributed by atoms with van der Waals surface area (Å²) in [6.45, 7) is 0. The minimum absolute atomic E-state index is 0.134. The molecular weight excluding hydrogens is 375 g/mol. The summed E-state index contributed by atoms with van der Waals surface area (Å²) in [5, 5.41) is 10.8. The van der Waals surface area contributed by atoms with Gasteiger partial charge in [0, 0.05) is 23.3 Å². The van der Waals surface area contributed by atoms with Crippen molar-refractivity contribution in [1.82, 2.24) is 0 Å². The number of ketones is 1. The number of carbonyl (C=O) groups is 1. The molecule has 3 aromatic rings. The van der Waals surface area contributed by atoms with Gasteiger partial charge in [-0.1, -0.05) is 24.3 Å². The van der Waals surface area contributed by atoms with Crippen molar-refractivity contribution in [1.29, 1.82) is 0 Å². The highest BCUT2D eigenvalue weighted by Gasteiger charge is 2.30. The number of non-ortho nitro benzene ring substituents is 1. The molecule has 0 aliphatic rings. The Labute approximate surface area is 156 Å². The maximum absolute atomic E-state index is 12.8. The van der Waals surface area contributed by atoms with Crippen LogP contribution in [0.4, 0.5) is 18.9 Å². The molecule has 0 unspecified atom stereocenters. The highest BCUT2D eigenvalue weighted by molar-refractivity contribution is 6.07. The van der Waals surface area contributed by atoms with Crippen LogP contribution in [-0.2, 0) is 6.18 Å². The fourth-order valence-electron chi connectivity index (χ4n) is 2.47. The van der Waals surface area contributed by atoms with Gasteiger partial charge in [-0.25, -0.2) is 0 Å². The van der Waals surface area contributed by atoms with Crippen LogP contribution in [0.5, 0.6) is 0 Å². The Morgan fingerprint density at radius 1 is 1.04 bits per heavy atom. The monoisotopic (exact) mass is 387 g/mol. The molecule has 28 heavy (non-hydrogen) atoms. The minimum Gasteiger partial charge on any atom is -0.457 e. The number of allylic oxidation sites excluding steroid dienone is 1. The zero-order valence-corrected chi connectivity index (χ0v) is 14.1. The van der Waals surface area contributed by atoms with Gasteiger partial charge in [0.15, 0.2) is 5.78 Å². The molecule has 0 aliphatic heterocycles. The lowest BCUT2D eigenvalue weighted by molar-refractivity contribution is -0.384. The van der Waals surface area contributed by atoms with Crippen LogP contribution >= 0.6 is 0 Å². The molecule has 0 fully saturated rings. The van der Waals surface area contributed by atoms with Gasteiger partial charge in [-0.2, -0.15) is 13.2 Å². The number of nitrogens with zero attached hydrogens (tertiary/aromatic N) is 1. The molecule has 0 atom stereocenters. The lowest BCUT2D eigenvalue weighted by Gasteiger charge is -2.07. The van der Waals surface area contributed by atoms with Crippen molar-refractivity contribution >= 4 is 17.5 Å². The Morgan fingerprint density at radius 3 is 2.50 bits per heavy atom. The number of nitro benzene ring substituents is 1. The summed E-state index contributed by atoms with van der Waals surface area (Å²) in [6.07, 6.45) is -1.94. The van der Waals surface area contributed by atoms with Gasteiger partial charge in [-0.05, 0) is 36.4 Å². The van der Waals surface area contributed by atoms with E-state index in [0.29, 0.717) is 0 Å². The number of furan rings is 1. The summed E-state index contributed by atoms with van der Waals surface area (Å²) in [7, 11) is 0. The highest BCUT2D eigenvalue weighted by atomic mass is 19.4. The second-order valence-corrected chi connectivity index (χ2v) is 5.79. The molecule has 0 radical (unpaired) electrons. The van der Waals surface area contributed by atoms with E-state index in [1.807, 2.05) is 0 Å². The highest BCUT2D eigenvalue weighted by Crippen LogP contribution is 2.32. The number of carbonyl (C=O) groups excluding carboxylic acids is 1. The lowest BCUT2D eigenvalue weighted by atomic mass is 10.1. The summed E-state index contributed by atoms with van der Waals surface area (Å²) in [5.74, 6) is 0.000425. The van der Waals surface area contributed by atoms with E-state index in [9.17, 15) is 28.1 Å². The van der Waals surface area contributed by atoms with Crippen molar-refractivity contribution in [3.05, 3.63) is 93.7 Å². The minimum atomic E-state index is -4.46. The zero-order chi connectivity index (χ0) is 20.3. The van der Waals surface area contributed by atoms with Crippen molar-refractivity contribution in [3.63, 3.8) is 0 Å². The van der Waals surface area contributed by atoms with Crippen LogP contribution in [-0.4, -0.2) is 10.7 Å². The van der Waals surface area contributed by atoms with E-state index in [4.69, 9.17) is 4.42 Å². The van der Waals surface area contributed by atoms with E-state index in [1.165, 1.54) is 54.6 Å². The molecule has 0 aliphatic carbocycles. The van der Waals surface area contributed by atoms with Crippen LogP contribution in [0.25, 0.3) is 17.4 Å². The van der Waals surface area contributed by atoms with Crippen LogP contribution < -0.4 is 0 Å². The van der Waals surface area contributed by atoms with E-state index in [-0.39, 0.29) is 28.3 Å². The Balaban J connectivity index is 1.79. The van der Waals surface area contributed by atoms with E-state index in [0.717, 1.165) is 18.2 Å². The summed E-state index contributed by atoms with van der Waals surface area (Å²) in [6, 6.07) is 13.0. The lowest BCUT2D eigenvalue weighted by Crippen LogP contribution is -2.04. The molecule has 1 aromatic heterocycles. The number of hydrogen-bond acceptors (Lipinski definition) is 4. The number of benzene rings is 2. The van der Waals surface area contributed by atoms with Gasteiger partial charge in [0.1, 0.15) is 11.5 Å². The molecule has 0 saturated carbocycles. The number of hydrogen-bond donors (Lipinski definition) is 0. The van der Waals surface area contributed by atoms with Gasteiger partial charge in [0.2, 0.25) is 0 Å². The maximum atomic E-state index is 12.8. The molecule has 1 heterocycles. The predicted molar refractivity (Wildman–Crippen MR) is 95.6 cm³/mol. The third-order valence-electron chi connectivity index (χ3n) is 3.84. The fourth-order valence-corrected chi connectivity index (χ4v) is 2.47. The first-order valence-electron chi connectivity index (χ1n) is 7.98. The fraction of sp³-hybridized carbons (Fsp3) is 0.0500. The van der Waals surface area contributed by atoms with E-state index >= 15 is 0 Å². The molecule has 142 valence electrons. The smallest absolute Gasteiger partial charge is 0.416 e. The zero-order valence-electron chi connectivity index (χ0n) is 14.1. The molecule has 0 N–H and O–H groups in total. The average Bonchev–Trinajstić information content (AvgIpc) is 3.14. The van der Waals surface area contributed by atoms with Gasteiger partial charge in [-0.3, -0.25) is 14.9 Å². The third kappa shape index (κ3) is 4.35. The van der Waals surface area contributed by atoms with Crippen molar-refractivity contribution < 1.29 is 27.3 Å². The van der Waals surface area contributed by atoms with Gasteiger partial charge < -0.3 is 4.42 Å². The Kier molecular flexibility index (Phi) is 5.12. The van der Waals surface area contributed by atoms with Crippen LogP contribution in [0.15, 0.2) is 71.2 Å². The van der Waals surface area contributed by atoms with Crippen LogP contribution in [0.2, 0.25) is 0 Å². The summed E-state index contributed by atoms with van der Waals surface area (Å²) < 4.78 is 43.9. The first-order chi connectivity index (χ1) is 13.2. The molecule has 0 saturated heterocycles. The van der Waals surface area contributed by atoms with E-state index < -0.39 is 22.4 Å². The topological polar surface area (TPSA) is 73.3 Å². The van der Waals surface area contributed by atoms with E-state index in [1.54, 1.807) is 0 Å². The first-order valence-corrected chi connectivity index (χ1v) is 7.98. The number of halogens is 3. The van der Waals surface area contributed by atoms with Gasteiger partial charge in [0.05, 0.1) is 10.5 Å². The Bertz CT molecular complexity index is 1070. The van der Waals surface area contributed by atoms with Crippen LogP contribution in [0, 0.1) is 10.1 Å². The second kappa shape index (κ2) is 7.51. The number of nitro groups is 1. The van der Waals surface area contributed by atoms with Crippen molar-refractivity contribution in [3.8, 4) is 11.3 Å². The molecule has 0 amide bonds. The van der Waals surface area contributed by atoms with Crippen molar-refractivity contribution in [2.24, 2.45) is 0 Å². The SMILES string of the molecule is O=C(C=Cc1ccc(-c2cccc(C(F)(F)F)c2)o1)c1cccc([N+](=O)[O-])c1. The standard InChI is InChI=1S/C20H12F3NO4/c21-20(22,23)15-5-1-4-14(11-15)19-10-8-17(28-19)7-9-18(25)13-3-2-6-16(12-13)24(26)27/h1-12H. The normalized spacial score (nSPS) is 11.7. The Hall–Kier alpha value is -3.68. The average molecular weight is 387 g/mol. The van der Waals surface area contributed by atoms with E-state index in [2.05, 4.69) is 0 Å². The van der Waals surface area contributed by atoms with Crippen molar-refractivity contribution in [2.45, 2.75) is 6.18 Å². The number of alkyl halides is 3. The quantitative estimate of drug-likeness (QED) is 0.241. The van der Waals surface area contributed by atoms with Gasteiger partial charge >= 0.3 is 6.18 Å². The molecule has 0 spiro atoms. The third-order valence-corrected chi connectivity index (χ3v) is 3.84. The summed E-state index contributed by atoms with van der Waals surface area (Å²) in [5.41, 5.74) is -0.613. The number of rotatable bonds is 5. The largest absolute Gasteiger partial charge is 0.457 e. The van der Waals surface area contributed by atoms with Crippen LogP contribution in [0.3, 0.4) is 0 Å². The second-order valence-electron chi connectivity index (χ2n) is 5.79. The van der Waals surface area contributed by atoms with Crippen molar-refractivity contribution in [2.75, 3.05) is 0 Å². The molecule has 0 bridgehead atoms. The summed E-state index contributed by atoms with van der Waals surface area (Å²) >= 11 is 0. The molecule has 8 heteroatoms. The maximum Gasteiger partial charge on any atom is 0.416 e. The molecule has 3 rings (SSSR count). The van der Waals surface area contributed by atoms with Gasteiger partial charge in [0.25, 0.3) is 5.69 Å².